The number of nitrogens with one attached hydrogen (secondary N) is 2. The summed E-state index contributed by atoms with van der Waals surface area (Å²) >= 11 is 5.99. The molecule has 1 fully saturated rings. The zero-order valence-corrected chi connectivity index (χ0v) is 13.1. The van der Waals surface area contributed by atoms with Crippen LogP contribution < -0.4 is 10.6 Å². The predicted octanol–water partition coefficient (Wildman–Crippen LogP) is 1.77. The van der Waals surface area contributed by atoms with Gasteiger partial charge < -0.3 is 15.7 Å². The summed E-state index contributed by atoms with van der Waals surface area (Å²) in [6.07, 6.45) is -0.568. The SMILES string of the molecule is Cc1c(Cl)cccc1S(=O)(=O)[C@@]1(NC(=O)O)CCCNC1. The first-order valence-electron chi connectivity index (χ1n) is 6.52. The first-order chi connectivity index (χ1) is 9.80. The maximum Gasteiger partial charge on any atom is 0.405 e. The van der Waals surface area contributed by atoms with Gasteiger partial charge in [0.2, 0.25) is 9.84 Å². The van der Waals surface area contributed by atoms with Gasteiger partial charge >= 0.3 is 6.09 Å². The predicted molar refractivity (Wildman–Crippen MR) is 79.4 cm³/mol. The summed E-state index contributed by atoms with van der Waals surface area (Å²) in [4.78, 5) is 9.57. The van der Waals surface area contributed by atoms with Gasteiger partial charge in [0.15, 0.2) is 4.87 Å². The summed E-state index contributed by atoms with van der Waals surface area (Å²) < 4.78 is 26.0. The molecular weight excluding hydrogens is 316 g/mol. The molecule has 2 rings (SSSR count). The van der Waals surface area contributed by atoms with Gasteiger partial charge in [-0.3, -0.25) is 0 Å². The fourth-order valence-electron chi connectivity index (χ4n) is 2.57. The number of amides is 1. The number of hydrogen-bond acceptors (Lipinski definition) is 4. The molecule has 1 saturated heterocycles. The molecule has 3 N–H and O–H groups in total. The van der Waals surface area contributed by atoms with E-state index >= 15 is 0 Å². The number of piperidine rings is 1. The van der Waals surface area contributed by atoms with Gasteiger partial charge in [-0.25, -0.2) is 13.2 Å². The van der Waals surface area contributed by atoms with E-state index in [1.807, 2.05) is 0 Å². The van der Waals surface area contributed by atoms with E-state index in [0.29, 0.717) is 23.6 Å². The number of benzene rings is 1. The van der Waals surface area contributed by atoms with Crippen molar-refractivity contribution in [3.05, 3.63) is 28.8 Å². The standard InChI is InChI=1S/C13H17ClN2O4S/c1-9-10(14)4-2-5-11(9)21(19,20)13(16-12(17)18)6-3-7-15-8-13/h2,4-5,15-16H,3,6-8H2,1H3,(H,17,18)/t13-/m0/s1. The van der Waals surface area contributed by atoms with Gasteiger partial charge in [0.25, 0.3) is 0 Å². The molecular formula is C13H17ClN2O4S. The lowest BCUT2D eigenvalue weighted by molar-refractivity contribution is 0.182. The molecule has 1 amide bonds. The fourth-order valence-corrected chi connectivity index (χ4v) is 4.91. The number of carbonyl (C=O) groups is 1. The lowest BCUT2D eigenvalue weighted by atomic mass is 10.1. The maximum atomic E-state index is 13.0. The summed E-state index contributed by atoms with van der Waals surface area (Å²) in [6, 6.07) is 4.61. The van der Waals surface area contributed by atoms with Gasteiger partial charge in [-0.1, -0.05) is 17.7 Å². The Labute approximate surface area is 128 Å². The summed E-state index contributed by atoms with van der Waals surface area (Å²) in [6.45, 7) is 2.31. The van der Waals surface area contributed by atoms with E-state index in [2.05, 4.69) is 10.6 Å². The van der Waals surface area contributed by atoms with Gasteiger partial charge in [-0.05, 0) is 44.0 Å². The second kappa shape index (κ2) is 5.82. The molecule has 0 saturated carbocycles. The molecule has 6 nitrogen and oxygen atoms in total. The first kappa shape index (κ1) is 16.1. The molecule has 1 aliphatic rings. The average Bonchev–Trinajstić information content (AvgIpc) is 2.41. The van der Waals surface area contributed by atoms with Crippen LogP contribution >= 0.6 is 11.6 Å². The van der Waals surface area contributed by atoms with Crippen LogP contribution in [0.1, 0.15) is 18.4 Å². The number of hydrogen-bond donors (Lipinski definition) is 3. The van der Waals surface area contributed by atoms with Crippen LogP contribution in [0, 0.1) is 6.92 Å². The third-order valence-electron chi connectivity index (χ3n) is 3.70. The van der Waals surface area contributed by atoms with Crippen LogP contribution in [-0.2, 0) is 9.84 Å². The van der Waals surface area contributed by atoms with Crippen molar-refractivity contribution in [3.8, 4) is 0 Å². The van der Waals surface area contributed by atoms with Crippen LogP contribution in [0.25, 0.3) is 0 Å². The smallest absolute Gasteiger partial charge is 0.405 e. The van der Waals surface area contributed by atoms with E-state index in [1.165, 1.54) is 6.07 Å². The topological polar surface area (TPSA) is 95.5 Å². The third kappa shape index (κ3) is 2.86. The number of rotatable bonds is 3. The number of halogens is 1. The van der Waals surface area contributed by atoms with Crippen molar-refractivity contribution < 1.29 is 18.3 Å². The molecule has 0 spiro atoms. The summed E-state index contributed by atoms with van der Waals surface area (Å²) in [5.41, 5.74) is 0.427. The van der Waals surface area contributed by atoms with E-state index in [-0.39, 0.29) is 17.9 Å². The molecule has 1 atom stereocenters. The molecule has 8 heteroatoms. The van der Waals surface area contributed by atoms with Crippen LogP contribution in [0.2, 0.25) is 5.02 Å². The molecule has 0 bridgehead atoms. The Kier molecular flexibility index (Phi) is 4.46. The van der Waals surface area contributed by atoms with Crippen LogP contribution in [0.4, 0.5) is 4.79 Å². The summed E-state index contributed by atoms with van der Waals surface area (Å²) in [7, 11) is -3.91. The van der Waals surface area contributed by atoms with Gasteiger partial charge in [0.1, 0.15) is 0 Å². The van der Waals surface area contributed by atoms with Gasteiger partial charge in [0.05, 0.1) is 4.90 Å². The molecule has 21 heavy (non-hydrogen) atoms. The van der Waals surface area contributed by atoms with Gasteiger partial charge in [0, 0.05) is 11.6 Å². The zero-order valence-electron chi connectivity index (χ0n) is 11.5. The van der Waals surface area contributed by atoms with Crippen molar-refractivity contribution in [2.45, 2.75) is 29.5 Å². The Morgan fingerprint density at radius 2 is 2.19 bits per heavy atom. The van der Waals surface area contributed by atoms with Crippen LogP contribution in [0.15, 0.2) is 23.1 Å². The third-order valence-corrected chi connectivity index (χ3v) is 6.61. The molecule has 0 radical (unpaired) electrons. The quantitative estimate of drug-likeness (QED) is 0.784. The lowest BCUT2D eigenvalue weighted by Gasteiger charge is -2.37. The second-order valence-electron chi connectivity index (χ2n) is 5.07. The first-order valence-corrected chi connectivity index (χ1v) is 8.38. The molecule has 1 aromatic rings. The monoisotopic (exact) mass is 332 g/mol. The summed E-state index contributed by atoms with van der Waals surface area (Å²) in [5.74, 6) is 0. The van der Waals surface area contributed by atoms with E-state index in [4.69, 9.17) is 16.7 Å². The Hall–Kier alpha value is -1.31. The molecule has 0 unspecified atom stereocenters. The van der Waals surface area contributed by atoms with Crippen LogP contribution in [-0.4, -0.2) is 37.6 Å². The minimum atomic E-state index is -3.91. The highest BCUT2D eigenvalue weighted by molar-refractivity contribution is 7.93. The van der Waals surface area contributed by atoms with Crippen molar-refractivity contribution in [2.24, 2.45) is 0 Å². The number of carboxylic acid groups (broad SMARTS) is 1. The Morgan fingerprint density at radius 3 is 2.76 bits per heavy atom. The molecule has 1 heterocycles. The van der Waals surface area contributed by atoms with Crippen molar-refractivity contribution in [1.29, 1.82) is 0 Å². The lowest BCUT2D eigenvalue weighted by Crippen LogP contribution is -2.62. The molecule has 116 valence electrons. The zero-order chi connectivity index (χ0) is 15.7. The molecule has 0 aliphatic carbocycles. The number of sulfone groups is 1. The Balaban J connectivity index is 2.57. The normalized spacial score (nSPS) is 22.8. The van der Waals surface area contributed by atoms with E-state index in [9.17, 15) is 13.2 Å². The van der Waals surface area contributed by atoms with Gasteiger partial charge in [-0.2, -0.15) is 0 Å². The highest BCUT2D eigenvalue weighted by Gasteiger charge is 2.47. The Morgan fingerprint density at radius 1 is 1.48 bits per heavy atom. The maximum absolute atomic E-state index is 13.0. The van der Waals surface area contributed by atoms with E-state index in [0.717, 1.165) is 0 Å². The van der Waals surface area contributed by atoms with Crippen molar-refractivity contribution in [1.82, 2.24) is 10.6 Å². The minimum absolute atomic E-state index is 0.0353. The fraction of sp³-hybridized carbons (Fsp3) is 0.462. The van der Waals surface area contributed by atoms with Crippen LogP contribution in [0.5, 0.6) is 0 Å². The van der Waals surface area contributed by atoms with E-state index in [1.54, 1.807) is 19.1 Å². The van der Waals surface area contributed by atoms with Crippen LogP contribution in [0.3, 0.4) is 0 Å². The summed E-state index contributed by atoms with van der Waals surface area (Å²) in [5, 5.41) is 14.5. The minimum Gasteiger partial charge on any atom is -0.465 e. The van der Waals surface area contributed by atoms with Gasteiger partial charge in [-0.15, -0.1) is 0 Å². The largest absolute Gasteiger partial charge is 0.465 e. The molecule has 1 aliphatic heterocycles. The van der Waals surface area contributed by atoms with Crippen molar-refractivity contribution in [2.75, 3.05) is 13.1 Å². The van der Waals surface area contributed by atoms with Crippen molar-refractivity contribution in [3.63, 3.8) is 0 Å². The van der Waals surface area contributed by atoms with Crippen molar-refractivity contribution >= 4 is 27.5 Å². The second-order valence-corrected chi connectivity index (χ2v) is 7.71. The van der Waals surface area contributed by atoms with E-state index < -0.39 is 20.8 Å². The average molecular weight is 333 g/mol. The highest BCUT2D eigenvalue weighted by Crippen LogP contribution is 2.33. The Bertz CT molecular complexity index is 654. The molecule has 0 aromatic heterocycles. The molecule has 1 aromatic carbocycles. The highest BCUT2D eigenvalue weighted by atomic mass is 35.5.